The molecule has 72 valence electrons. The number of rotatable bonds is 1. The molecule has 1 aliphatic heterocycles. The fraction of sp³-hybridized carbons (Fsp3) is 0.100. The number of carbonyl (C=O) groups is 1. The number of aliphatic hydroxyl groups excluding tert-OH is 1. The van der Waals surface area contributed by atoms with Gasteiger partial charge in [0.25, 0.3) is 0 Å². The first-order chi connectivity index (χ1) is 6.74. The van der Waals surface area contributed by atoms with Gasteiger partial charge in [0.2, 0.25) is 0 Å². The van der Waals surface area contributed by atoms with Crippen molar-refractivity contribution in [2.75, 3.05) is 0 Å². The van der Waals surface area contributed by atoms with Crippen LogP contribution in [0.5, 0.6) is 5.75 Å². The van der Waals surface area contributed by atoms with Crippen LogP contribution in [0.15, 0.2) is 35.7 Å². The summed E-state index contributed by atoms with van der Waals surface area (Å²) in [7, 11) is 0. The average Bonchev–Trinajstić information content (AvgIpc) is 2.18. The summed E-state index contributed by atoms with van der Waals surface area (Å²) < 4.78 is 5.17. The molecule has 0 fully saturated rings. The number of hydrogen-bond donors (Lipinski definition) is 2. The molecule has 1 unspecified atom stereocenters. The van der Waals surface area contributed by atoms with Crippen LogP contribution in [0.4, 0.5) is 0 Å². The van der Waals surface area contributed by atoms with Gasteiger partial charge in [-0.05, 0) is 6.07 Å². The standard InChI is InChI=1S/C10H9NO3/c11-10-7(5-12)9(13)6-3-1-2-4-8(6)14-10/h1-5,9,13H,11H2. The summed E-state index contributed by atoms with van der Waals surface area (Å²) in [5.74, 6) is 0.453. The third kappa shape index (κ3) is 1.16. The van der Waals surface area contributed by atoms with Crippen molar-refractivity contribution in [2.45, 2.75) is 6.10 Å². The molecule has 14 heavy (non-hydrogen) atoms. The van der Waals surface area contributed by atoms with Crippen LogP contribution in [-0.4, -0.2) is 11.4 Å². The van der Waals surface area contributed by atoms with Gasteiger partial charge in [-0.1, -0.05) is 18.2 Å². The fourth-order valence-electron chi connectivity index (χ4n) is 1.40. The average molecular weight is 191 g/mol. The Hall–Kier alpha value is -1.81. The van der Waals surface area contributed by atoms with Crippen LogP contribution in [0.2, 0.25) is 0 Å². The smallest absolute Gasteiger partial charge is 0.200 e. The van der Waals surface area contributed by atoms with E-state index in [2.05, 4.69) is 0 Å². The molecule has 4 heteroatoms. The third-order valence-electron chi connectivity index (χ3n) is 2.14. The van der Waals surface area contributed by atoms with Gasteiger partial charge in [0.05, 0.1) is 5.57 Å². The molecule has 0 saturated heterocycles. The van der Waals surface area contributed by atoms with Gasteiger partial charge in [0.1, 0.15) is 11.9 Å². The van der Waals surface area contributed by atoms with E-state index in [1.54, 1.807) is 24.3 Å². The summed E-state index contributed by atoms with van der Waals surface area (Å²) in [6, 6.07) is 6.91. The molecule has 0 aromatic heterocycles. The zero-order chi connectivity index (χ0) is 10.1. The number of fused-ring (bicyclic) bond motifs is 1. The van der Waals surface area contributed by atoms with Crippen LogP contribution < -0.4 is 10.5 Å². The highest BCUT2D eigenvalue weighted by atomic mass is 16.5. The van der Waals surface area contributed by atoms with Crippen molar-refractivity contribution in [3.05, 3.63) is 41.3 Å². The van der Waals surface area contributed by atoms with E-state index in [4.69, 9.17) is 10.5 Å². The summed E-state index contributed by atoms with van der Waals surface area (Å²) in [4.78, 5) is 10.6. The normalized spacial score (nSPS) is 19.9. The highest BCUT2D eigenvalue weighted by molar-refractivity contribution is 5.77. The van der Waals surface area contributed by atoms with Crippen molar-refractivity contribution in [1.29, 1.82) is 0 Å². The lowest BCUT2D eigenvalue weighted by molar-refractivity contribution is -0.106. The Morgan fingerprint density at radius 1 is 1.43 bits per heavy atom. The number of aldehydes is 1. The summed E-state index contributed by atoms with van der Waals surface area (Å²) in [5.41, 5.74) is 6.09. The molecule has 0 saturated carbocycles. The van der Waals surface area contributed by atoms with Gasteiger partial charge in [-0.15, -0.1) is 0 Å². The van der Waals surface area contributed by atoms with Crippen molar-refractivity contribution in [1.82, 2.24) is 0 Å². The molecule has 1 aromatic carbocycles. The van der Waals surface area contributed by atoms with Gasteiger partial charge >= 0.3 is 0 Å². The van der Waals surface area contributed by atoms with Crippen molar-refractivity contribution >= 4 is 6.29 Å². The molecule has 1 aliphatic rings. The quantitative estimate of drug-likeness (QED) is 0.633. The lowest BCUT2D eigenvalue weighted by atomic mass is 10.00. The monoisotopic (exact) mass is 191 g/mol. The maximum atomic E-state index is 10.6. The summed E-state index contributed by atoms with van der Waals surface area (Å²) in [6.07, 6.45) is -0.479. The fourth-order valence-corrected chi connectivity index (χ4v) is 1.40. The van der Waals surface area contributed by atoms with Crippen molar-refractivity contribution < 1.29 is 14.6 Å². The van der Waals surface area contributed by atoms with E-state index in [-0.39, 0.29) is 11.5 Å². The predicted molar refractivity (Wildman–Crippen MR) is 49.3 cm³/mol. The first-order valence-corrected chi connectivity index (χ1v) is 4.13. The molecular formula is C10H9NO3. The lowest BCUT2D eigenvalue weighted by Gasteiger charge is -2.22. The molecule has 2 rings (SSSR count). The number of hydrogen-bond acceptors (Lipinski definition) is 4. The maximum absolute atomic E-state index is 10.6. The van der Waals surface area contributed by atoms with Crippen LogP contribution in [0, 0.1) is 0 Å². The van der Waals surface area contributed by atoms with E-state index < -0.39 is 6.10 Å². The second-order valence-corrected chi connectivity index (χ2v) is 2.98. The summed E-state index contributed by atoms with van der Waals surface area (Å²) in [6.45, 7) is 0. The van der Waals surface area contributed by atoms with E-state index in [1.165, 1.54) is 0 Å². The predicted octanol–water partition coefficient (Wildman–Crippen LogP) is 0.482. The van der Waals surface area contributed by atoms with Crippen molar-refractivity contribution in [3.63, 3.8) is 0 Å². The Morgan fingerprint density at radius 3 is 2.86 bits per heavy atom. The number of nitrogens with two attached hydrogens (primary N) is 1. The first-order valence-electron chi connectivity index (χ1n) is 4.13. The van der Waals surface area contributed by atoms with Gasteiger partial charge in [0, 0.05) is 5.56 Å². The highest BCUT2D eigenvalue weighted by Crippen LogP contribution is 2.34. The Labute approximate surface area is 80.6 Å². The number of ether oxygens (including phenoxy) is 1. The van der Waals surface area contributed by atoms with Crippen LogP contribution >= 0.6 is 0 Å². The molecular weight excluding hydrogens is 182 g/mol. The minimum atomic E-state index is -0.988. The van der Waals surface area contributed by atoms with E-state index in [9.17, 15) is 9.90 Å². The molecule has 0 bridgehead atoms. The Morgan fingerprint density at radius 2 is 2.14 bits per heavy atom. The largest absolute Gasteiger partial charge is 0.441 e. The molecule has 1 atom stereocenters. The van der Waals surface area contributed by atoms with Gasteiger partial charge < -0.3 is 15.6 Å². The molecule has 0 aliphatic carbocycles. The Balaban J connectivity index is 2.53. The van der Waals surface area contributed by atoms with Crippen molar-refractivity contribution in [3.8, 4) is 5.75 Å². The number of aliphatic hydroxyl groups is 1. The van der Waals surface area contributed by atoms with E-state index in [1.807, 2.05) is 0 Å². The number of benzene rings is 1. The van der Waals surface area contributed by atoms with Gasteiger partial charge in [0.15, 0.2) is 12.2 Å². The molecule has 4 nitrogen and oxygen atoms in total. The van der Waals surface area contributed by atoms with Crippen LogP contribution in [0.1, 0.15) is 11.7 Å². The van der Waals surface area contributed by atoms with E-state index in [0.717, 1.165) is 0 Å². The molecule has 0 radical (unpaired) electrons. The van der Waals surface area contributed by atoms with Crippen LogP contribution in [0.3, 0.4) is 0 Å². The zero-order valence-electron chi connectivity index (χ0n) is 7.31. The zero-order valence-corrected chi connectivity index (χ0v) is 7.31. The molecule has 1 aromatic rings. The van der Waals surface area contributed by atoms with E-state index >= 15 is 0 Å². The highest BCUT2D eigenvalue weighted by Gasteiger charge is 2.25. The minimum Gasteiger partial charge on any atom is -0.441 e. The maximum Gasteiger partial charge on any atom is 0.200 e. The third-order valence-corrected chi connectivity index (χ3v) is 2.14. The molecule has 3 N–H and O–H groups in total. The van der Waals surface area contributed by atoms with Crippen LogP contribution in [-0.2, 0) is 4.79 Å². The lowest BCUT2D eigenvalue weighted by Crippen LogP contribution is -2.21. The van der Waals surface area contributed by atoms with Crippen LogP contribution in [0.25, 0.3) is 0 Å². The van der Waals surface area contributed by atoms with Gasteiger partial charge in [-0.25, -0.2) is 0 Å². The first kappa shape index (κ1) is 8.77. The summed E-state index contributed by atoms with van der Waals surface area (Å²) in [5, 5.41) is 9.74. The topological polar surface area (TPSA) is 72.6 Å². The molecule has 0 amide bonds. The number of para-hydroxylation sites is 1. The minimum absolute atomic E-state index is 0.0359. The SMILES string of the molecule is NC1=C(C=O)C(O)c2ccccc2O1. The number of carbonyl (C=O) groups excluding carboxylic acids is 1. The molecule has 0 spiro atoms. The van der Waals surface area contributed by atoms with Gasteiger partial charge in [-0.2, -0.15) is 0 Å². The van der Waals surface area contributed by atoms with Gasteiger partial charge in [-0.3, -0.25) is 4.79 Å². The summed E-state index contributed by atoms with van der Waals surface area (Å²) >= 11 is 0. The second kappa shape index (κ2) is 3.16. The Kier molecular flexibility index (Phi) is 1.98. The van der Waals surface area contributed by atoms with E-state index in [0.29, 0.717) is 17.6 Å². The molecule has 1 heterocycles. The Bertz CT molecular complexity index is 412. The van der Waals surface area contributed by atoms with Crippen molar-refractivity contribution in [2.24, 2.45) is 5.73 Å². The second-order valence-electron chi connectivity index (χ2n) is 2.98.